The van der Waals surface area contributed by atoms with E-state index < -0.39 is 0 Å². The van der Waals surface area contributed by atoms with Crippen molar-refractivity contribution in [1.29, 1.82) is 0 Å². The van der Waals surface area contributed by atoms with Crippen LogP contribution in [0.5, 0.6) is 0 Å². The molecule has 0 aliphatic carbocycles. The van der Waals surface area contributed by atoms with Crippen molar-refractivity contribution in [2.75, 3.05) is 0 Å². The van der Waals surface area contributed by atoms with Gasteiger partial charge in [0.1, 0.15) is 12.1 Å². The first-order valence-corrected chi connectivity index (χ1v) is 3.37. The third kappa shape index (κ3) is 2.45. The van der Waals surface area contributed by atoms with E-state index in [1.165, 1.54) is 6.07 Å². The number of aromatic nitrogens is 1. The minimum absolute atomic E-state index is 0.347. The molecular weight excluding hydrogens is 145 g/mol. The molecule has 0 fully saturated rings. The molecule has 2 nitrogen and oxygen atoms in total. The number of carbonyl (C=O) groups excluding carboxylic acids is 1. The van der Waals surface area contributed by atoms with Gasteiger partial charge in [0.25, 0.3) is 0 Å². The topological polar surface area (TPSA) is 30.0 Å². The van der Waals surface area contributed by atoms with Gasteiger partial charge in [0.2, 0.25) is 0 Å². The third-order valence-electron chi connectivity index (χ3n) is 1.31. The number of aldehydes is 1. The highest BCUT2D eigenvalue weighted by Crippen LogP contribution is 1.99. The van der Waals surface area contributed by atoms with Gasteiger partial charge in [0.15, 0.2) is 0 Å². The van der Waals surface area contributed by atoms with Crippen molar-refractivity contribution in [2.24, 2.45) is 0 Å². The second-order valence-corrected chi connectivity index (χ2v) is 2.17. The lowest BCUT2D eigenvalue weighted by Crippen LogP contribution is -1.90. The molecule has 11 heavy (non-hydrogen) atoms. The molecule has 0 saturated heterocycles. The highest BCUT2D eigenvalue weighted by Gasteiger charge is 1.93. The summed E-state index contributed by atoms with van der Waals surface area (Å²) < 4.78 is 12.3. The molecule has 0 aliphatic heterocycles. The summed E-state index contributed by atoms with van der Waals surface area (Å²) in [6.07, 6.45) is 3.01. The van der Waals surface area contributed by atoms with E-state index in [9.17, 15) is 9.18 Å². The molecule has 0 amide bonds. The largest absolute Gasteiger partial charge is 0.303 e. The Morgan fingerprint density at radius 3 is 2.91 bits per heavy atom. The van der Waals surface area contributed by atoms with Crippen molar-refractivity contribution in [3.8, 4) is 0 Å². The van der Waals surface area contributed by atoms with Gasteiger partial charge in [0, 0.05) is 12.1 Å². The van der Waals surface area contributed by atoms with Crippen LogP contribution in [0.4, 0.5) is 4.39 Å². The van der Waals surface area contributed by atoms with Crippen LogP contribution >= 0.6 is 0 Å². The first-order chi connectivity index (χ1) is 5.33. The summed E-state index contributed by atoms with van der Waals surface area (Å²) in [4.78, 5) is 13.7. The Hall–Kier alpha value is -1.25. The highest BCUT2D eigenvalue weighted by atomic mass is 19.1. The van der Waals surface area contributed by atoms with Gasteiger partial charge < -0.3 is 4.79 Å². The van der Waals surface area contributed by atoms with Crippen LogP contribution in [-0.4, -0.2) is 11.3 Å². The lowest BCUT2D eigenvalue weighted by atomic mass is 10.2. The fraction of sp³-hybridized carbons (Fsp3) is 0.250. The second kappa shape index (κ2) is 3.81. The minimum atomic E-state index is -0.347. The number of halogens is 1. The third-order valence-corrected chi connectivity index (χ3v) is 1.31. The summed E-state index contributed by atoms with van der Waals surface area (Å²) in [7, 11) is 0. The van der Waals surface area contributed by atoms with E-state index in [0.717, 1.165) is 18.2 Å². The summed E-state index contributed by atoms with van der Waals surface area (Å²) >= 11 is 0. The maximum absolute atomic E-state index is 12.3. The summed E-state index contributed by atoms with van der Waals surface area (Å²) in [6, 6.07) is 2.92. The van der Waals surface area contributed by atoms with Gasteiger partial charge in [0.05, 0.1) is 6.20 Å². The Morgan fingerprint density at radius 1 is 1.55 bits per heavy atom. The van der Waals surface area contributed by atoms with Gasteiger partial charge >= 0.3 is 0 Å². The number of nitrogens with zero attached hydrogens (tertiary/aromatic N) is 1. The van der Waals surface area contributed by atoms with Crippen molar-refractivity contribution >= 4 is 6.29 Å². The maximum atomic E-state index is 12.3. The normalized spacial score (nSPS) is 9.55. The monoisotopic (exact) mass is 153 g/mol. The van der Waals surface area contributed by atoms with Crippen molar-refractivity contribution < 1.29 is 9.18 Å². The summed E-state index contributed by atoms with van der Waals surface area (Å²) in [5.41, 5.74) is 0.749. The van der Waals surface area contributed by atoms with E-state index in [1.54, 1.807) is 6.07 Å². The molecule has 0 saturated carbocycles. The molecule has 0 bridgehead atoms. The predicted molar refractivity (Wildman–Crippen MR) is 38.6 cm³/mol. The zero-order valence-corrected chi connectivity index (χ0v) is 5.96. The van der Waals surface area contributed by atoms with Gasteiger partial charge in [-0.15, -0.1) is 0 Å². The molecule has 0 aromatic carbocycles. The number of carbonyl (C=O) groups is 1. The number of hydrogen-bond acceptors (Lipinski definition) is 2. The SMILES string of the molecule is O=CCCc1ccc(F)cn1. The highest BCUT2D eigenvalue weighted by molar-refractivity contribution is 5.49. The molecule has 0 spiro atoms. The predicted octanol–water partition coefficient (Wildman–Crippen LogP) is 1.35. The Labute approximate surface area is 64.1 Å². The van der Waals surface area contributed by atoms with Crippen LogP contribution in [0.2, 0.25) is 0 Å². The molecule has 58 valence electrons. The zero-order chi connectivity index (χ0) is 8.10. The lowest BCUT2D eigenvalue weighted by molar-refractivity contribution is -0.107. The van der Waals surface area contributed by atoms with E-state index in [4.69, 9.17) is 0 Å². The first-order valence-electron chi connectivity index (χ1n) is 3.37. The van der Waals surface area contributed by atoms with Gasteiger partial charge in [-0.25, -0.2) is 4.39 Å². The van der Waals surface area contributed by atoms with Crippen LogP contribution in [0.15, 0.2) is 18.3 Å². The maximum Gasteiger partial charge on any atom is 0.141 e. The minimum Gasteiger partial charge on any atom is -0.303 e. The average Bonchev–Trinajstić information content (AvgIpc) is 2.04. The van der Waals surface area contributed by atoms with Gasteiger partial charge in [-0.3, -0.25) is 4.98 Å². The van der Waals surface area contributed by atoms with E-state index in [2.05, 4.69) is 4.98 Å². The van der Waals surface area contributed by atoms with Crippen LogP contribution in [0.3, 0.4) is 0 Å². The smallest absolute Gasteiger partial charge is 0.141 e. The molecule has 1 rings (SSSR count). The standard InChI is InChI=1S/C8H8FNO/c9-7-3-4-8(10-6-7)2-1-5-11/h3-6H,1-2H2. The molecule has 0 atom stereocenters. The van der Waals surface area contributed by atoms with Gasteiger partial charge in [-0.2, -0.15) is 0 Å². The molecule has 0 aliphatic rings. The molecular formula is C8H8FNO. The summed E-state index contributed by atoms with van der Waals surface area (Å²) in [5.74, 6) is -0.347. The van der Waals surface area contributed by atoms with Crippen LogP contribution < -0.4 is 0 Å². The Balaban J connectivity index is 2.58. The zero-order valence-electron chi connectivity index (χ0n) is 5.96. The molecule has 3 heteroatoms. The molecule has 1 heterocycles. The fourth-order valence-corrected chi connectivity index (χ4v) is 0.761. The number of hydrogen-bond donors (Lipinski definition) is 0. The van der Waals surface area contributed by atoms with Gasteiger partial charge in [-0.05, 0) is 18.6 Å². The van der Waals surface area contributed by atoms with Crippen molar-refractivity contribution in [3.05, 3.63) is 29.8 Å². The van der Waals surface area contributed by atoms with Crippen molar-refractivity contribution in [2.45, 2.75) is 12.8 Å². The van der Waals surface area contributed by atoms with Crippen LogP contribution in [0.25, 0.3) is 0 Å². The number of rotatable bonds is 3. The second-order valence-electron chi connectivity index (χ2n) is 2.17. The van der Waals surface area contributed by atoms with Gasteiger partial charge in [-0.1, -0.05) is 0 Å². The van der Waals surface area contributed by atoms with Crippen LogP contribution in [0.1, 0.15) is 12.1 Å². The lowest BCUT2D eigenvalue weighted by Gasteiger charge is -1.94. The Kier molecular flexibility index (Phi) is 2.72. The Bertz CT molecular complexity index is 232. The summed E-state index contributed by atoms with van der Waals surface area (Å²) in [6.45, 7) is 0. The first kappa shape index (κ1) is 7.85. The Morgan fingerprint density at radius 2 is 2.36 bits per heavy atom. The van der Waals surface area contributed by atoms with E-state index >= 15 is 0 Å². The summed E-state index contributed by atoms with van der Waals surface area (Å²) in [5, 5.41) is 0. The van der Waals surface area contributed by atoms with Crippen molar-refractivity contribution in [1.82, 2.24) is 4.98 Å². The number of aryl methyl sites for hydroxylation is 1. The average molecular weight is 153 g/mol. The molecule has 0 N–H and O–H groups in total. The molecule has 0 radical (unpaired) electrons. The van der Waals surface area contributed by atoms with Crippen LogP contribution in [0, 0.1) is 5.82 Å². The quantitative estimate of drug-likeness (QED) is 0.613. The number of pyridine rings is 1. The van der Waals surface area contributed by atoms with E-state index in [-0.39, 0.29) is 5.82 Å². The van der Waals surface area contributed by atoms with E-state index in [0.29, 0.717) is 12.8 Å². The fourth-order valence-electron chi connectivity index (χ4n) is 0.761. The van der Waals surface area contributed by atoms with Crippen molar-refractivity contribution in [3.63, 3.8) is 0 Å². The molecule has 1 aromatic heterocycles. The van der Waals surface area contributed by atoms with Crippen LogP contribution in [-0.2, 0) is 11.2 Å². The molecule has 1 aromatic rings. The molecule has 0 unspecified atom stereocenters. The van der Waals surface area contributed by atoms with E-state index in [1.807, 2.05) is 0 Å².